The van der Waals surface area contributed by atoms with Crippen LogP contribution in [0.25, 0.3) is 10.9 Å². The molecular formula is C15H19ClN4O4S. The Morgan fingerprint density at radius 2 is 2.12 bits per heavy atom. The SMILES string of the molecule is CN(C)C=O.O=S(=O)(O)c1cn(CC2=NCCN2)c2cccc(Cl)c12. The fourth-order valence-electron chi connectivity index (χ4n) is 2.31. The summed E-state index contributed by atoms with van der Waals surface area (Å²) in [4.78, 5) is 15.0. The van der Waals surface area contributed by atoms with Crippen LogP contribution >= 0.6 is 11.6 Å². The van der Waals surface area contributed by atoms with Crippen molar-refractivity contribution in [2.45, 2.75) is 11.4 Å². The predicted molar refractivity (Wildman–Crippen MR) is 96.8 cm³/mol. The lowest BCUT2D eigenvalue weighted by Crippen LogP contribution is -2.23. The summed E-state index contributed by atoms with van der Waals surface area (Å²) in [6.07, 6.45) is 2.13. The number of nitrogens with zero attached hydrogens (tertiary/aromatic N) is 3. The molecule has 8 nitrogen and oxygen atoms in total. The van der Waals surface area contributed by atoms with Crippen LogP contribution in [0.2, 0.25) is 5.02 Å². The van der Waals surface area contributed by atoms with E-state index in [0.29, 0.717) is 24.0 Å². The Labute approximate surface area is 150 Å². The highest BCUT2D eigenvalue weighted by atomic mass is 35.5. The molecule has 10 heteroatoms. The van der Waals surface area contributed by atoms with Crippen LogP contribution in [0.1, 0.15) is 0 Å². The van der Waals surface area contributed by atoms with Gasteiger partial charge in [0, 0.05) is 32.2 Å². The Balaban J connectivity index is 0.000000399. The van der Waals surface area contributed by atoms with Crippen LogP contribution in [-0.2, 0) is 21.5 Å². The predicted octanol–water partition coefficient (Wildman–Crippen LogP) is 1.25. The van der Waals surface area contributed by atoms with Crippen LogP contribution < -0.4 is 5.32 Å². The van der Waals surface area contributed by atoms with Gasteiger partial charge in [0.1, 0.15) is 10.7 Å². The van der Waals surface area contributed by atoms with Crippen molar-refractivity contribution in [2.75, 3.05) is 27.2 Å². The van der Waals surface area contributed by atoms with Crippen molar-refractivity contribution < 1.29 is 17.8 Å². The summed E-state index contributed by atoms with van der Waals surface area (Å²) >= 11 is 6.06. The first kappa shape index (κ1) is 19.2. The third-order valence-corrected chi connectivity index (χ3v) is 4.55. The molecule has 1 aliphatic rings. The molecule has 0 atom stereocenters. The second-order valence-corrected chi connectivity index (χ2v) is 7.35. The zero-order chi connectivity index (χ0) is 18.6. The zero-order valence-electron chi connectivity index (χ0n) is 13.8. The molecule has 0 radical (unpaired) electrons. The van der Waals surface area contributed by atoms with Crippen molar-refractivity contribution in [1.29, 1.82) is 0 Å². The minimum absolute atomic E-state index is 0.184. The van der Waals surface area contributed by atoms with Gasteiger partial charge in [-0.3, -0.25) is 14.3 Å². The molecule has 136 valence electrons. The highest BCUT2D eigenvalue weighted by molar-refractivity contribution is 7.86. The van der Waals surface area contributed by atoms with Crippen molar-refractivity contribution in [3.05, 3.63) is 29.4 Å². The minimum atomic E-state index is -4.33. The number of rotatable bonds is 4. The zero-order valence-corrected chi connectivity index (χ0v) is 15.4. The van der Waals surface area contributed by atoms with Crippen molar-refractivity contribution in [1.82, 2.24) is 14.8 Å². The van der Waals surface area contributed by atoms with Crippen molar-refractivity contribution in [3.8, 4) is 0 Å². The Bertz CT molecular complexity index is 906. The Kier molecular flexibility index (Phi) is 6.04. The second kappa shape index (κ2) is 7.85. The Hall–Kier alpha value is -2.10. The molecule has 0 saturated carbocycles. The second-order valence-electron chi connectivity index (χ2n) is 5.55. The quantitative estimate of drug-likeness (QED) is 0.607. The molecule has 0 fully saturated rings. The van der Waals surface area contributed by atoms with Gasteiger partial charge >= 0.3 is 0 Å². The summed E-state index contributed by atoms with van der Waals surface area (Å²) in [5.41, 5.74) is 0.640. The molecule has 1 aliphatic heterocycles. The molecule has 0 unspecified atom stereocenters. The fourth-order valence-corrected chi connectivity index (χ4v) is 3.37. The van der Waals surface area contributed by atoms with E-state index in [2.05, 4.69) is 10.3 Å². The number of carbonyl (C=O) groups excluding carboxylic acids is 1. The molecule has 0 spiro atoms. The number of nitrogens with one attached hydrogen (secondary N) is 1. The van der Waals surface area contributed by atoms with E-state index in [4.69, 9.17) is 11.6 Å². The number of carbonyl (C=O) groups is 1. The van der Waals surface area contributed by atoms with Gasteiger partial charge in [-0.1, -0.05) is 17.7 Å². The number of aromatic nitrogens is 1. The lowest BCUT2D eigenvalue weighted by Gasteiger charge is -2.05. The molecule has 3 rings (SSSR count). The van der Waals surface area contributed by atoms with Crippen molar-refractivity contribution >= 4 is 44.9 Å². The van der Waals surface area contributed by atoms with Gasteiger partial charge < -0.3 is 14.8 Å². The normalized spacial score (nSPS) is 13.7. The first-order valence-electron chi connectivity index (χ1n) is 7.38. The first-order valence-corrected chi connectivity index (χ1v) is 9.19. The maximum atomic E-state index is 11.5. The lowest BCUT2D eigenvalue weighted by molar-refractivity contribution is -0.115. The molecule has 2 aromatic rings. The van der Waals surface area contributed by atoms with E-state index >= 15 is 0 Å². The van der Waals surface area contributed by atoms with Crippen LogP contribution in [0.15, 0.2) is 34.3 Å². The van der Waals surface area contributed by atoms with Gasteiger partial charge in [-0.25, -0.2) is 0 Å². The topological polar surface area (TPSA) is 104 Å². The van der Waals surface area contributed by atoms with E-state index in [9.17, 15) is 17.8 Å². The van der Waals surface area contributed by atoms with E-state index in [0.717, 1.165) is 18.8 Å². The van der Waals surface area contributed by atoms with Gasteiger partial charge in [-0.15, -0.1) is 0 Å². The molecule has 0 saturated heterocycles. The smallest absolute Gasteiger partial charge is 0.296 e. The van der Waals surface area contributed by atoms with Gasteiger partial charge in [-0.05, 0) is 12.1 Å². The van der Waals surface area contributed by atoms with Crippen LogP contribution in [0.5, 0.6) is 0 Å². The number of benzene rings is 1. The highest BCUT2D eigenvalue weighted by Gasteiger charge is 2.21. The van der Waals surface area contributed by atoms with Gasteiger partial charge in [-0.2, -0.15) is 8.42 Å². The largest absolute Gasteiger partial charge is 0.370 e. The van der Waals surface area contributed by atoms with Crippen LogP contribution in [0.3, 0.4) is 0 Å². The molecule has 1 aromatic carbocycles. The standard InChI is InChI=1S/C12H12ClN3O3S.C3H7NO/c13-8-2-1-3-9-12(8)10(20(17,18)19)6-16(9)7-11-14-4-5-15-11;1-4(2)3-5/h1-3,6H,4-5,7H2,(H,14,15)(H,17,18,19);3H,1-2H3. The molecule has 2 N–H and O–H groups in total. The van der Waals surface area contributed by atoms with E-state index < -0.39 is 10.1 Å². The Morgan fingerprint density at radius 3 is 2.64 bits per heavy atom. The molecular weight excluding hydrogens is 368 g/mol. The summed E-state index contributed by atoms with van der Waals surface area (Å²) in [5.74, 6) is 0.781. The van der Waals surface area contributed by atoms with E-state index in [1.165, 1.54) is 11.1 Å². The first-order chi connectivity index (χ1) is 11.7. The number of amides is 1. The van der Waals surface area contributed by atoms with Gasteiger partial charge in [0.15, 0.2) is 0 Å². The molecule has 2 heterocycles. The number of fused-ring (bicyclic) bond motifs is 1. The third kappa shape index (κ3) is 4.71. The van der Waals surface area contributed by atoms with Crippen LogP contribution in [0, 0.1) is 0 Å². The average molecular weight is 387 g/mol. The van der Waals surface area contributed by atoms with E-state index in [-0.39, 0.29) is 9.92 Å². The van der Waals surface area contributed by atoms with Gasteiger partial charge in [0.05, 0.1) is 23.6 Å². The average Bonchev–Trinajstić information content (AvgIpc) is 3.17. The monoisotopic (exact) mass is 386 g/mol. The molecule has 1 aromatic heterocycles. The van der Waals surface area contributed by atoms with E-state index in [1.54, 1.807) is 36.9 Å². The third-order valence-electron chi connectivity index (χ3n) is 3.37. The fraction of sp³-hybridized carbons (Fsp3) is 0.333. The minimum Gasteiger partial charge on any atom is -0.370 e. The summed E-state index contributed by atoms with van der Waals surface area (Å²) in [5, 5.41) is 3.73. The summed E-state index contributed by atoms with van der Waals surface area (Å²) in [6, 6.07) is 5.08. The van der Waals surface area contributed by atoms with Crippen LogP contribution in [0.4, 0.5) is 0 Å². The van der Waals surface area contributed by atoms with Gasteiger partial charge in [0.2, 0.25) is 6.41 Å². The molecule has 0 bridgehead atoms. The number of hydrogen-bond donors (Lipinski definition) is 2. The number of amidine groups is 1. The molecule has 25 heavy (non-hydrogen) atoms. The molecule has 0 aliphatic carbocycles. The molecule has 1 amide bonds. The van der Waals surface area contributed by atoms with E-state index in [1.807, 2.05) is 0 Å². The van der Waals surface area contributed by atoms with Crippen LogP contribution in [-0.4, -0.2) is 61.9 Å². The number of aliphatic imine (C=N–C) groups is 1. The maximum Gasteiger partial charge on any atom is 0.296 e. The summed E-state index contributed by atoms with van der Waals surface area (Å²) < 4.78 is 34.0. The summed E-state index contributed by atoms with van der Waals surface area (Å²) in [6.45, 7) is 1.90. The summed E-state index contributed by atoms with van der Waals surface area (Å²) in [7, 11) is -0.955. The number of hydrogen-bond acceptors (Lipinski definition) is 5. The van der Waals surface area contributed by atoms with Gasteiger partial charge in [0.25, 0.3) is 10.1 Å². The van der Waals surface area contributed by atoms with Crippen molar-refractivity contribution in [2.24, 2.45) is 4.99 Å². The lowest BCUT2D eigenvalue weighted by atomic mass is 10.2. The van der Waals surface area contributed by atoms with Crippen molar-refractivity contribution in [3.63, 3.8) is 0 Å². The Morgan fingerprint density at radius 1 is 1.44 bits per heavy atom. The maximum absolute atomic E-state index is 11.5. The number of halogens is 1. The highest BCUT2D eigenvalue weighted by Crippen LogP contribution is 2.31.